The third-order valence-corrected chi connectivity index (χ3v) is 3.22. The molecule has 1 amide bonds. The predicted molar refractivity (Wildman–Crippen MR) is 88.0 cm³/mol. The molecule has 0 atom stereocenters. The number of nitrogens with one attached hydrogen (secondary N) is 1. The van der Waals surface area contributed by atoms with Crippen LogP contribution in [0.2, 0.25) is 5.02 Å². The van der Waals surface area contributed by atoms with Crippen LogP contribution in [0, 0.1) is 0 Å². The summed E-state index contributed by atoms with van der Waals surface area (Å²) in [6.07, 6.45) is 4.66. The Morgan fingerprint density at radius 1 is 1.00 bits per heavy atom. The van der Waals surface area contributed by atoms with Gasteiger partial charge in [0.1, 0.15) is 5.75 Å². The molecular formula is C17H12ClN3O2. The smallest absolute Gasteiger partial charge is 0.255 e. The largest absolute Gasteiger partial charge is 0.439 e. The first kappa shape index (κ1) is 15.0. The van der Waals surface area contributed by atoms with Crippen molar-refractivity contribution in [1.29, 1.82) is 0 Å². The van der Waals surface area contributed by atoms with Crippen molar-refractivity contribution >= 4 is 23.2 Å². The zero-order valence-electron chi connectivity index (χ0n) is 11.9. The Labute approximate surface area is 137 Å². The first-order valence-electron chi connectivity index (χ1n) is 6.81. The fourth-order valence-electron chi connectivity index (χ4n) is 1.84. The summed E-state index contributed by atoms with van der Waals surface area (Å²) >= 11 is 5.82. The van der Waals surface area contributed by atoms with Crippen molar-refractivity contribution < 1.29 is 9.53 Å². The molecule has 0 spiro atoms. The van der Waals surface area contributed by atoms with E-state index in [2.05, 4.69) is 15.3 Å². The number of aromatic nitrogens is 2. The van der Waals surface area contributed by atoms with Crippen LogP contribution in [0.1, 0.15) is 10.4 Å². The monoisotopic (exact) mass is 325 g/mol. The van der Waals surface area contributed by atoms with E-state index in [4.69, 9.17) is 16.3 Å². The molecule has 0 aliphatic carbocycles. The molecule has 0 saturated carbocycles. The van der Waals surface area contributed by atoms with Crippen LogP contribution in [0.15, 0.2) is 67.1 Å². The fraction of sp³-hybridized carbons (Fsp3) is 0. The zero-order valence-corrected chi connectivity index (χ0v) is 12.7. The molecule has 3 rings (SSSR count). The highest BCUT2D eigenvalue weighted by Gasteiger charge is 2.06. The van der Waals surface area contributed by atoms with E-state index in [1.165, 1.54) is 6.20 Å². The number of nitrogens with zero attached hydrogens (tertiary/aromatic N) is 2. The van der Waals surface area contributed by atoms with Gasteiger partial charge in [0.25, 0.3) is 5.91 Å². The molecule has 0 fully saturated rings. The van der Waals surface area contributed by atoms with E-state index in [-0.39, 0.29) is 5.91 Å². The SMILES string of the molecule is O=C(Nc1ccc(Oc2ccc(Cl)cc2)nc1)c1ccncc1. The van der Waals surface area contributed by atoms with E-state index in [1.807, 2.05) is 0 Å². The molecule has 0 aliphatic heterocycles. The first-order valence-corrected chi connectivity index (χ1v) is 7.19. The van der Waals surface area contributed by atoms with Crippen LogP contribution in [0.25, 0.3) is 0 Å². The lowest BCUT2D eigenvalue weighted by Crippen LogP contribution is -2.11. The Hall–Kier alpha value is -2.92. The van der Waals surface area contributed by atoms with Crippen LogP contribution in [-0.4, -0.2) is 15.9 Å². The molecule has 3 aromatic rings. The van der Waals surface area contributed by atoms with Gasteiger partial charge in [-0.05, 0) is 42.5 Å². The van der Waals surface area contributed by atoms with Crippen molar-refractivity contribution in [3.63, 3.8) is 0 Å². The first-order chi connectivity index (χ1) is 11.2. The number of carbonyl (C=O) groups excluding carboxylic acids is 1. The molecule has 2 aromatic heterocycles. The van der Waals surface area contributed by atoms with Gasteiger partial charge in [0, 0.05) is 29.0 Å². The Morgan fingerprint density at radius 3 is 2.39 bits per heavy atom. The highest BCUT2D eigenvalue weighted by molar-refractivity contribution is 6.30. The van der Waals surface area contributed by atoms with Gasteiger partial charge in [0.05, 0.1) is 11.9 Å². The van der Waals surface area contributed by atoms with E-state index >= 15 is 0 Å². The van der Waals surface area contributed by atoms with Gasteiger partial charge in [-0.25, -0.2) is 4.98 Å². The fourth-order valence-corrected chi connectivity index (χ4v) is 1.97. The van der Waals surface area contributed by atoms with Crippen LogP contribution >= 0.6 is 11.6 Å². The molecule has 6 heteroatoms. The summed E-state index contributed by atoms with van der Waals surface area (Å²) in [7, 11) is 0. The predicted octanol–water partition coefficient (Wildman–Crippen LogP) is 4.17. The molecule has 0 saturated heterocycles. The minimum absolute atomic E-state index is 0.222. The lowest BCUT2D eigenvalue weighted by molar-refractivity contribution is 0.102. The number of amides is 1. The third-order valence-electron chi connectivity index (χ3n) is 2.97. The van der Waals surface area contributed by atoms with Crippen LogP contribution < -0.4 is 10.1 Å². The molecule has 114 valence electrons. The summed E-state index contributed by atoms with van der Waals surface area (Å²) in [6, 6.07) is 13.7. The maximum absolute atomic E-state index is 12.0. The standard InChI is InChI=1S/C17H12ClN3O2/c18-13-1-4-15(5-2-13)23-16-6-3-14(11-20-16)21-17(22)12-7-9-19-10-8-12/h1-11H,(H,21,22). The normalized spacial score (nSPS) is 10.1. The average molecular weight is 326 g/mol. The number of anilines is 1. The number of hydrogen-bond donors (Lipinski definition) is 1. The number of carbonyl (C=O) groups is 1. The summed E-state index contributed by atoms with van der Waals surface area (Å²) < 4.78 is 5.59. The number of pyridine rings is 2. The molecule has 5 nitrogen and oxygen atoms in total. The van der Waals surface area contributed by atoms with Crippen molar-refractivity contribution in [2.45, 2.75) is 0 Å². The van der Waals surface area contributed by atoms with Gasteiger partial charge in [0.15, 0.2) is 0 Å². The van der Waals surface area contributed by atoms with Crippen LogP contribution in [0.3, 0.4) is 0 Å². The minimum Gasteiger partial charge on any atom is -0.439 e. The second-order valence-corrected chi connectivity index (χ2v) is 5.07. The van der Waals surface area contributed by atoms with Gasteiger partial charge in [-0.1, -0.05) is 11.6 Å². The van der Waals surface area contributed by atoms with Gasteiger partial charge in [-0.15, -0.1) is 0 Å². The number of halogens is 1. The Kier molecular flexibility index (Phi) is 4.49. The Morgan fingerprint density at radius 2 is 1.74 bits per heavy atom. The van der Waals surface area contributed by atoms with Gasteiger partial charge >= 0.3 is 0 Å². The third kappa shape index (κ3) is 4.05. The topological polar surface area (TPSA) is 64.1 Å². The maximum atomic E-state index is 12.0. The quantitative estimate of drug-likeness (QED) is 0.781. The summed E-state index contributed by atoms with van der Waals surface area (Å²) in [5, 5.41) is 3.39. The second-order valence-electron chi connectivity index (χ2n) is 4.63. The van der Waals surface area contributed by atoms with Crippen LogP contribution in [0.4, 0.5) is 5.69 Å². The summed E-state index contributed by atoms with van der Waals surface area (Å²) in [5.74, 6) is 0.838. The van der Waals surface area contributed by atoms with Gasteiger partial charge < -0.3 is 10.1 Å². The zero-order chi connectivity index (χ0) is 16.1. The molecule has 0 aliphatic rings. The number of ether oxygens (including phenoxy) is 1. The van der Waals surface area contributed by atoms with E-state index in [0.29, 0.717) is 27.9 Å². The van der Waals surface area contributed by atoms with Crippen molar-refractivity contribution in [3.8, 4) is 11.6 Å². The lowest BCUT2D eigenvalue weighted by Gasteiger charge is -2.07. The highest BCUT2D eigenvalue weighted by atomic mass is 35.5. The molecule has 0 radical (unpaired) electrons. The molecule has 1 aromatic carbocycles. The van der Waals surface area contributed by atoms with E-state index in [0.717, 1.165) is 0 Å². The maximum Gasteiger partial charge on any atom is 0.255 e. The van der Waals surface area contributed by atoms with E-state index in [9.17, 15) is 4.79 Å². The van der Waals surface area contributed by atoms with Gasteiger partial charge in [0.2, 0.25) is 5.88 Å². The van der Waals surface area contributed by atoms with E-state index < -0.39 is 0 Å². The number of hydrogen-bond acceptors (Lipinski definition) is 4. The Bertz CT molecular complexity index is 790. The van der Waals surface area contributed by atoms with Crippen molar-refractivity contribution in [2.75, 3.05) is 5.32 Å². The van der Waals surface area contributed by atoms with Crippen molar-refractivity contribution in [2.24, 2.45) is 0 Å². The van der Waals surface area contributed by atoms with Gasteiger partial charge in [-0.2, -0.15) is 0 Å². The average Bonchev–Trinajstić information content (AvgIpc) is 2.59. The molecule has 23 heavy (non-hydrogen) atoms. The summed E-state index contributed by atoms with van der Waals surface area (Å²) in [6.45, 7) is 0. The number of benzene rings is 1. The lowest BCUT2D eigenvalue weighted by atomic mass is 10.2. The molecule has 2 heterocycles. The van der Waals surface area contributed by atoms with Crippen LogP contribution in [-0.2, 0) is 0 Å². The van der Waals surface area contributed by atoms with E-state index in [1.54, 1.807) is 60.9 Å². The molecule has 0 unspecified atom stereocenters. The van der Waals surface area contributed by atoms with Crippen molar-refractivity contribution in [1.82, 2.24) is 9.97 Å². The molecular weight excluding hydrogens is 314 g/mol. The minimum atomic E-state index is -0.222. The number of rotatable bonds is 4. The van der Waals surface area contributed by atoms with Gasteiger partial charge in [-0.3, -0.25) is 9.78 Å². The molecule has 0 bridgehead atoms. The summed E-state index contributed by atoms with van der Waals surface area (Å²) in [4.78, 5) is 20.0. The Balaban J connectivity index is 1.65. The second kappa shape index (κ2) is 6.89. The highest BCUT2D eigenvalue weighted by Crippen LogP contribution is 2.22. The summed E-state index contributed by atoms with van der Waals surface area (Å²) in [5.41, 5.74) is 1.11. The molecule has 1 N–H and O–H groups in total. The van der Waals surface area contributed by atoms with Crippen LogP contribution in [0.5, 0.6) is 11.6 Å². The van der Waals surface area contributed by atoms with Crippen molar-refractivity contribution in [3.05, 3.63) is 77.7 Å².